The van der Waals surface area contributed by atoms with Crippen molar-refractivity contribution in [2.75, 3.05) is 46.6 Å². The van der Waals surface area contributed by atoms with Crippen molar-refractivity contribution in [3.63, 3.8) is 0 Å². The van der Waals surface area contributed by atoms with Crippen molar-refractivity contribution in [2.24, 2.45) is 0 Å². The SMILES string of the molecule is CCOc1cc2c(cc1OCC)[C@@H](c1cc(OC)c(OC)c(OC)c1)N(c1ccc(OC)cc1)C(=O)C2. The quantitative estimate of drug-likeness (QED) is 0.374. The Hall–Kier alpha value is -4.07. The summed E-state index contributed by atoms with van der Waals surface area (Å²) in [6.45, 7) is 4.82. The van der Waals surface area contributed by atoms with E-state index in [2.05, 4.69) is 0 Å². The molecule has 0 fully saturated rings. The minimum absolute atomic E-state index is 0.0528. The first kappa shape index (κ1) is 26.0. The number of carbonyl (C=O) groups excluding carboxylic acids is 1. The number of nitrogens with zero attached hydrogens (tertiary/aromatic N) is 1. The average Bonchev–Trinajstić information content (AvgIpc) is 2.92. The van der Waals surface area contributed by atoms with E-state index in [9.17, 15) is 4.79 Å². The first-order chi connectivity index (χ1) is 18.0. The molecule has 0 N–H and O–H groups in total. The van der Waals surface area contributed by atoms with Crippen molar-refractivity contribution in [1.29, 1.82) is 0 Å². The molecule has 1 aliphatic heterocycles. The van der Waals surface area contributed by atoms with Crippen LogP contribution in [0.2, 0.25) is 0 Å². The van der Waals surface area contributed by atoms with Crippen molar-refractivity contribution in [3.8, 4) is 34.5 Å². The summed E-state index contributed by atoms with van der Waals surface area (Å²) < 4.78 is 34.0. The summed E-state index contributed by atoms with van der Waals surface area (Å²) in [6, 6.07) is 14.6. The molecule has 0 aromatic heterocycles. The molecule has 0 saturated heterocycles. The van der Waals surface area contributed by atoms with Gasteiger partial charge < -0.3 is 33.3 Å². The molecule has 3 aromatic carbocycles. The fraction of sp³-hybridized carbons (Fsp3) is 0.345. The van der Waals surface area contributed by atoms with Gasteiger partial charge in [-0.3, -0.25) is 4.79 Å². The Balaban J connectivity index is 1.98. The van der Waals surface area contributed by atoms with Crippen LogP contribution >= 0.6 is 0 Å². The lowest BCUT2D eigenvalue weighted by molar-refractivity contribution is -0.118. The molecule has 1 atom stereocenters. The number of ether oxygens (including phenoxy) is 6. The molecule has 8 nitrogen and oxygen atoms in total. The molecule has 4 rings (SSSR count). The van der Waals surface area contributed by atoms with Crippen LogP contribution in [0, 0.1) is 0 Å². The van der Waals surface area contributed by atoms with Crippen molar-refractivity contribution in [2.45, 2.75) is 26.3 Å². The lowest BCUT2D eigenvalue weighted by atomic mass is 9.86. The zero-order valence-electron chi connectivity index (χ0n) is 22.1. The van der Waals surface area contributed by atoms with E-state index < -0.39 is 6.04 Å². The van der Waals surface area contributed by atoms with Gasteiger partial charge in [0.05, 0.1) is 54.1 Å². The fourth-order valence-corrected chi connectivity index (χ4v) is 4.72. The highest BCUT2D eigenvalue weighted by atomic mass is 16.5. The van der Waals surface area contributed by atoms with Crippen LogP contribution < -0.4 is 33.3 Å². The van der Waals surface area contributed by atoms with E-state index >= 15 is 0 Å². The number of anilines is 1. The highest BCUT2D eigenvalue weighted by molar-refractivity contribution is 5.98. The average molecular weight is 508 g/mol. The summed E-state index contributed by atoms with van der Waals surface area (Å²) in [4.78, 5) is 15.5. The van der Waals surface area contributed by atoms with E-state index in [-0.39, 0.29) is 12.3 Å². The van der Waals surface area contributed by atoms with Crippen LogP contribution in [-0.4, -0.2) is 47.6 Å². The Labute approximate surface area is 217 Å². The molecule has 8 heteroatoms. The third kappa shape index (κ3) is 4.96. The largest absolute Gasteiger partial charge is 0.497 e. The van der Waals surface area contributed by atoms with Gasteiger partial charge in [0, 0.05) is 5.69 Å². The number of hydrogen-bond donors (Lipinski definition) is 0. The maximum absolute atomic E-state index is 13.7. The summed E-state index contributed by atoms with van der Waals surface area (Å²) in [5.41, 5.74) is 3.34. The molecule has 1 amide bonds. The topological polar surface area (TPSA) is 75.7 Å². The third-order valence-corrected chi connectivity index (χ3v) is 6.32. The van der Waals surface area contributed by atoms with Gasteiger partial charge in [0.1, 0.15) is 5.75 Å². The van der Waals surface area contributed by atoms with E-state index in [0.29, 0.717) is 47.7 Å². The normalized spacial score (nSPS) is 14.6. The number of rotatable bonds is 10. The predicted molar refractivity (Wildman–Crippen MR) is 141 cm³/mol. The van der Waals surface area contributed by atoms with Crippen LogP contribution in [0.1, 0.15) is 36.6 Å². The van der Waals surface area contributed by atoms with E-state index in [0.717, 1.165) is 22.4 Å². The Bertz CT molecular complexity index is 1230. The van der Waals surface area contributed by atoms with Crippen LogP contribution in [0.4, 0.5) is 5.69 Å². The van der Waals surface area contributed by atoms with Gasteiger partial charge in [0.25, 0.3) is 0 Å². The lowest BCUT2D eigenvalue weighted by Gasteiger charge is -2.38. The molecule has 0 aliphatic carbocycles. The summed E-state index contributed by atoms with van der Waals surface area (Å²) in [6.07, 6.45) is 0.217. The minimum atomic E-state index is -0.492. The Morgan fingerprint density at radius 1 is 0.757 bits per heavy atom. The first-order valence-electron chi connectivity index (χ1n) is 12.2. The third-order valence-electron chi connectivity index (χ3n) is 6.32. The lowest BCUT2D eigenvalue weighted by Crippen LogP contribution is -2.41. The molecule has 3 aromatic rings. The zero-order chi connectivity index (χ0) is 26.5. The maximum Gasteiger partial charge on any atom is 0.232 e. The maximum atomic E-state index is 13.7. The Morgan fingerprint density at radius 3 is 1.86 bits per heavy atom. The van der Waals surface area contributed by atoms with E-state index in [1.54, 1.807) is 33.3 Å². The summed E-state index contributed by atoms with van der Waals surface area (Å²) in [5, 5.41) is 0. The summed E-state index contributed by atoms with van der Waals surface area (Å²) >= 11 is 0. The molecular formula is C29H33NO7. The van der Waals surface area contributed by atoms with Gasteiger partial charge in [-0.15, -0.1) is 0 Å². The molecule has 0 saturated carbocycles. The van der Waals surface area contributed by atoms with Crippen molar-refractivity contribution in [3.05, 3.63) is 65.2 Å². The predicted octanol–water partition coefficient (Wildman–Crippen LogP) is 5.20. The number of methoxy groups -OCH3 is 4. The van der Waals surface area contributed by atoms with Gasteiger partial charge in [0.15, 0.2) is 23.0 Å². The van der Waals surface area contributed by atoms with Crippen LogP contribution in [0.25, 0.3) is 0 Å². The number of hydrogen-bond acceptors (Lipinski definition) is 7. The van der Waals surface area contributed by atoms with Crippen LogP contribution in [0.15, 0.2) is 48.5 Å². The van der Waals surface area contributed by atoms with E-state index in [4.69, 9.17) is 28.4 Å². The van der Waals surface area contributed by atoms with Crippen molar-refractivity contribution in [1.82, 2.24) is 0 Å². The van der Waals surface area contributed by atoms with E-state index in [1.807, 2.05) is 62.4 Å². The highest BCUT2D eigenvalue weighted by Gasteiger charge is 2.37. The second-order valence-electron chi connectivity index (χ2n) is 8.36. The number of benzene rings is 3. The molecule has 0 spiro atoms. The molecule has 37 heavy (non-hydrogen) atoms. The zero-order valence-corrected chi connectivity index (χ0v) is 22.1. The molecule has 196 valence electrons. The van der Waals surface area contributed by atoms with Gasteiger partial charge in [0.2, 0.25) is 11.7 Å². The van der Waals surface area contributed by atoms with Crippen LogP contribution in [0.3, 0.4) is 0 Å². The van der Waals surface area contributed by atoms with Gasteiger partial charge in [-0.05, 0) is 79.1 Å². The molecule has 1 heterocycles. The number of fused-ring (bicyclic) bond motifs is 1. The number of carbonyl (C=O) groups is 1. The van der Waals surface area contributed by atoms with Gasteiger partial charge in [-0.2, -0.15) is 0 Å². The van der Waals surface area contributed by atoms with Crippen LogP contribution in [0.5, 0.6) is 34.5 Å². The molecule has 0 bridgehead atoms. The molecule has 0 radical (unpaired) electrons. The van der Waals surface area contributed by atoms with Gasteiger partial charge in [-0.1, -0.05) is 0 Å². The second kappa shape index (κ2) is 11.3. The summed E-state index contributed by atoms with van der Waals surface area (Å²) in [7, 11) is 6.32. The van der Waals surface area contributed by atoms with E-state index in [1.165, 1.54) is 0 Å². The monoisotopic (exact) mass is 507 g/mol. The molecular weight excluding hydrogens is 474 g/mol. The molecule has 0 unspecified atom stereocenters. The Morgan fingerprint density at radius 2 is 1.35 bits per heavy atom. The highest BCUT2D eigenvalue weighted by Crippen LogP contribution is 2.47. The van der Waals surface area contributed by atoms with Crippen molar-refractivity contribution < 1.29 is 33.2 Å². The van der Waals surface area contributed by atoms with Crippen LogP contribution in [-0.2, 0) is 11.2 Å². The second-order valence-corrected chi connectivity index (χ2v) is 8.36. The summed E-state index contributed by atoms with van der Waals surface area (Å²) in [5.74, 6) is 3.39. The first-order valence-corrected chi connectivity index (χ1v) is 12.2. The van der Waals surface area contributed by atoms with Gasteiger partial charge in [-0.25, -0.2) is 0 Å². The standard InChI is InChI=1S/C29H33NO7/c1-7-36-23-13-18-16-27(31)30(20-9-11-21(32-3)12-10-20)28(22(18)17-24(23)37-8-2)19-14-25(33-4)29(35-6)26(15-19)34-5/h9-15,17,28H,7-8,16H2,1-6H3/t28-/m1/s1. The fourth-order valence-electron chi connectivity index (χ4n) is 4.72. The minimum Gasteiger partial charge on any atom is -0.497 e. The smallest absolute Gasteiger partial charge is 0.232 e. The number of amides is 1. The molecule has 1 aliphatic rings. The Kier molecular flexibility index (Phi) is 7.96. The van der Waals surface area contributed by atoms with Gasteiger partial charge >= 0.3 is 0 Å². The van der Waals surface area contributed by atoms with Crippen molar-refractivity contribution >= 4 is 11.6 Å².